The first-order chi connectivity index (χ1) is 7.72. The number of hydrogen-bond acceptors (Lipinski definition) is 4. The molecule has 1 atom stereocenters. The van der Waals surface area contributed by atoms with Gasteiger partial charge in [-0.3, -0.25) is 4.90 Å². The normalized spacial score (nSPS) is 26.6. The molecule has 4 nitrogen and oxygen atoms in total. The van der Waals surface area contributed by atoms with Crippen LogP contribution in [0.5, 0.6) is 0 Å². The van der Waals surface area contributed by atoms with Crippen molar-refractivity contribution in [2.24, 2.45) is 0 Å². The van der Waals surface area contributed by atoms with E-state index in [2.05, 4.69) is 17.1 Å². The largest absolute Gasteiger partial charge is 0.394 e. The summed E-state index contributed by atoms with van der Waals surface area (Å²) < 4.78 is 5.33. The summed E-state index contributed by atoms with van der Waals surface area (Å²) in [6.07, 6.45) is 3.56. The molecule has 0 amide bonds. The molecule has 1 saturated carbocycles. The minimum absolute atomic E-state index is 0.0977. The number of morpholine rings is 1. The van der Waals surface area contributed by atoms with Crippen molar-refractivity contribution in [1.29, 1.82) is 0 Å². The number of hydrogen-bond donors (Lipinski definition) is 2. The van der Waals surface area contributed by atoms with E-state index in [-0.39, 0.29) is 12.1 Å². The molecular formula is C12H24N2O2. The van der Waals surface area contributed by atoms with Crippen LogP contribution < -0.4 is 5.32 Å². The number of ether oxygens (including phenoxy) is 1. The molecule has 0 aromatic heterocycles. The van der Waals surface area contributed by atoms with E-state index in [1.165, 1.54) is 12.8 Å². The van der Waals surface area contributed by atoms with Crippen molar-refractivity contribution >= 4 is 0 Å². The molecule has 0 radical (unpaired) electrons. The zero-order valence-electron chi connectivity index (χ0n) is 10.2. The standard InChI is InChI=1S/C12H24N2O2/c1-12(10-15,13-11-2-3-11)4-5-14-6-8-16-9-7-14/h11,13,15H,2-10H2,1H3. The lowest BCUT2D eigenvalue weighted by atomic mass is 9.98. The van der Waals surface area contributed by atoms with Crippen molar-refractivity contribution in [3.05, 3.63) is 0 Å². The molecule has 0 aromatic carbocycles. The van der Waals surface area contributed by atoms with Crippen molar-refractivity contribution in [2.45, 2.75) is 37.8 Å². The van der Waals surface area contributed by atoms with E-state index in [9.17, 15) is 5.11 Å². The lowest BCUT2D eigenvalue weighted by molar-refractivity contribution is 0.0310. The van der Waals surface area contributed by atoms with Gasteiger partial charge in [0, 0.05) is 31.2 Å². The van der Waals surface area contributed by atoms with Gasteiger partial charge >= 0.3 is 0 Å². The third kappa shape index (κ3) is 3.70. The van der Waals surface area contributed by atoms with Crippen LogP contribution in [-0.4, -0.2) is 61.0 Å². The maximum Gasteiger partial charge on any atom is 0.0611 e. The smallest absolute Gasteiger partial charge is 0.0611 e. The third-order valence-electron chi connectivity index (χ3n) is 3.56. The van der Waals surface area contributed by atoms with Crippen molar-refractivity contribution in [3.63, 3.8) is 0 Å². The first-order valence-electron chi connectivity index (χ1n) is 6.40. The lowest BCUT2D eigenvalue weighted by Crippen LogP contribution is -2.50. The molecule has 1 saturated heterocycles. The predicted molar refractivity (Wildman–Crippen MR) is 63.5 cm³/mol. The first kappa shape index (κ1) is 12.3. The average molecular weight is 228 g/mol. The third-order valence-corrected chi connectivity index (χ3v) is 3.56. The fourth-order valence-corrected chi connectivity index (χ4v) is 2.15. The van der Waals surface area contributed by atoms with E-state index < -0.39 is 0 Å². The SMILES string of the molecule is CC(CO)(CCN1CCOCC1)NC1CC1. The molecule has 2 aliphatic rings. The Morgan fingerprint density at radius 2 is 2.06 bits per heavy atom. The van der Waals surface area contributed by atoms with E-state index in [4.69, 9.17) is 4.74 Å². The van der Waals surface area contributed by atoms with Gasteiger partial charge in [-0.05, 0) is 26.2 Å². The molecule has 1 heterocycles. The van der Waals surface area contributed by atoms with Crippen LogP contribution in [0.3, 0.4) is 0 Å². The predicted octanol–water partition coefficient (Wildman–Crippen LogP) is 0.212. The van der Waals surface area contributed by atoms with Gasteiger partial charge in [-0.25, -0.2) is 0 Å². The van der Waals surface area contributed by atoms with Gasteiger partial charge in [-0.2, -0.15) is 0 Å². The molecule has 2 fully saturated rings. The van der Waals surface area contributed by atoms with Crippen molar-refractivity contribution in [2.75, 3.05) is 39.5 Å². The monoisotopic (exact) mass is 228 g/mol. The molecule has 1 unspecified atom stereocenters. The Hall–Kier alpha value is -0.160. The van der Waals surface area contributed by atoms with Gasteiger partial charge in [0.2, 0.25) is 0 Å². The van der Waals surface area contributed by atoms with Crippen LogP contribution in [0.4, 0.5) is 0 Å². The van der Waals surface area contributed by atoms with Gasteiger partial charge in [0.25, 0.3) is 0 Å². The summed E-state index contributed by atoms with van der Waals surface area (Å²) in [5.41, 5.74) is -0.0977. The fraction of sp³-hybridized carbons (Fsp3) is 1.00. The molecule has 2 N–H and O–H groups in total. The first-order valence-corrected chi connectivity index (χ1v) is 6.40. The molecule has 16 heavy (non-hydrogen) atoms. The quantitative estimate of drug-likeness (QED) is 0.682. The van der Waals surface area contributed by atoms with Gasteiger partial charge in [-0.1, -0.05) is 0 Å². The van der Waals surface area contributed by atoms with Gasteiger partial charge in [0.05, 0.1) is 19.8 Å². The van der Waals surface area contributed by atoms with E-state index in [0.717, 1.165) is 39.3 Å². The zero-order chi connectivity index (χ0) is 11.4. The second kappa shape index (κ2) is 5.45. The van der Waals surface area contributed by atoms with Crippen molar-refractivity contribution in [1.82, 2.24) is 10.2 Å². The Labute approximate surface area is 98.0 Å². The summed E-state index contributed by atoms with van der Waals surface area (Å²) in [6, 6.07) is 0.654. The van der Waals surface area contributed by atoms with E-state index in [0.29, 0.717) is 6.04 Å². The Morgan fingerprint density at radius 3 is 2.62 bits per heavy atom. The van der Waals surface area contributed by atoms with Crippen LogP contribution in [0, 0.1) is 0 Å². The Kier molecular flexibility index (Phi) is 4.19. The van der Waals surface area contributed by atoms with E-state index in [1.54, 1.807) is 0 Å². The summed E-state index contributed by atoms with van der Waals surface area (Å²) in [4.78, 5) is 2.42. The summed E-state index contributed by atoms with van der Waals surface area (Å²) in [5, 5.41) is 13.0. The zero-order valence-corrected chi connectivity index (χ0v) is 10.2. The number of aliphatic hydroxyl groups excluding tert-OH is 1. The summed E-state index contributed by atoms with van der Waals surface area (Å²) >= 11 is 0. The van der Waals surface area contributed by atoms with Gasteiger partial charge in [0.1, 0.15) is 0 Å². The molecule has 0 spiro atoms. The Bertz CT molecular complexity index is 215. The average Bonchev–Trinajstić information content (AvgIpc) is 3.12. The van der Waals surface area contributed by atoms with Crippen LogP contribution in [0.1, 0.15) is 26.2 Å². The number of rotatable bonds is 6. The summed E-state index contributed by atoms with van der Waals surface area (Å²) in [7, 11) is 0. The Morgan fingerprint density at radius 1 is 1.38 bits per heavy atom. The van der Waals surface area contributed by atoms with Gasteiger partial charge in [0.15, 0.2) is 0 Å². The summed E-state index contributed by atoms with van der Waals surface area (Å²) in [5.74, 6) is 0. The molecule has 1 aliphatic heterocycles. The van der Waals surface area contributed by atoms with Gasteiger partial charge in [-0.15, -0.1) is 0 Å². The second-order valence-corrected chi connectivity index (χ2v) is 5.34. The van der Waals surface area contributed by atoms with Crippen LogP contribution in [0.2, 0.25) is 0 Å². The number of nitrogens with zero attached hydrogens (tertiary/aromatic N) is 1. The number of aliphatic hydroxyl groups is 1. The lowest BCUT2D eigenvalue weighted by Gasteiger charge is -2.33. The van der Waals surface area contributed by atoms with Crippen LogP contribution in [0.15, 0.2) is 0 Å². The van der Waals surface area contributed by atoms with Crippen LogP contribution in [0.25, 0.3) is 0 Å². The maximum atomic E-state index is 9.49. The fourth-order valence-electron chi connectivity index (χ4n) is 2.15. The summed E-state index contributed by atoms with van der Waals surface area (Å²) in [6.45, 7) is 7.19. The van der Waals surface area contributed by atoms with E-state index >= 15 is 0 Å². The van der Waals surface area contributed by atoms with Gasteiger partial charge < -0.3 is 15.2 Å². The highest BCUT2D eigenvalue weighted by molar-refractivity contribution is 4.92. The molecule has 1 aliphatic carbocycles. The molecular weight excluding hydrogens is 204 g/mol. The maximum absolute atomic E-state index is 9.49. The number of nitrogens with one attached hydrogen (secondary N) is 1. The minimum Gasteiger partial charge on any atom is -0.394 e. The second-order valence-electron chi connectivity index (χ2n) is 5.34. The molecule has 0 bridgehead atoms. The topological polar surface area (TPSA) is 44.7 Å². The molecule has 2 rings (SSSR count). The Balaban J connectivity index is 1.71. The molecule has 0 aromatic rings. The van der Waals surface area contributed by atoms with E-state index in [1.807, 2.05) is 0 Å². The van der Waals surface area contributed by atoms with Crippen molar-refractivity contribution < 1.29 is 9.84 Å². The highest BCUT2D eigenvalue weighted by atomic mass is 16.5. The minimum atomic E-state index is -0.0977. The van der Waals surface area contributed by atoms with Crippen LogP contribution >= 0.6 is 0 Å². The van der Waals surface area contributed by atoms with Crippen LogP contribution in [-0.2, 0) is 4.74 Å². The highest BCUT2D eigenvalue weighted by Crippen LogP contribution is 2.24. The molecule has 4 heteroatoms. The van der Waals surface area contributed by atoms with Crippen molar-refractivity contribution in [3.8, 4) is 0 Å². The molecule has 94 valence electrons. The highest BCUT2D eigenvalue weighted by Gasteiger charge is 2.32.